The summed E-state index contributed by atoms with van der Waals surface area (Å²) in [6, 6.07) is 8.48. The molecule has 74 valence electrons. The zero-order valence-electron chi connectivity index (χ0n) is 8.41. The van der Waals surface area contributed by atoms with Crippen molar-refractivity contribution in [3.63, 3.8) is 0 Å². The van der Waals surface area contributed by atoms with Crippen LogP contribution in [-0.4, -0.2) is 0 Å². The van der Waals surface area contributed by atoms with Gasteiger partial charge in [-0.1, -0.05) is 36.4 Å². The van der Waals surface area contributed by atoms with E-state index in [1.807, 2.05) is 6.08 Å². The predicted molar refractivity (Wildman–Crippen MR) is 71.5 cm³/mol. The molecule has 0 aromatic heterocycles. The van der Waals surface area contributed by atoms with Gasteiger partial charge < -0.3 is 0 Å². The van der Waals surface area contributed by atoms with Crippen molar-refractivity contribution in [3.05, 3.63) is 58.2 Å². The van der Waals surface area contributed by atoms with Crippen LogP contribution in [0.4, 0.5) is 0 Å². The molecular weight excluding hydrogens is 283 g/mol. The van der Waals surface area contributed by atoms with E-state index in [0.29, 0.717) is 5.92 Å². The van der Waals surface area contributed by atoms with E-state index >= 15 is 0 Å². The highest BCUT2D eigenvalue weighted by Crippen LogP contribution is 2.25. The minimum atomic E-state index is 0.444. The van der Waals surface area contributed by atoms with Gasteiger partial charge in [-0.15, -0.1) is 6.58 Å². The molecule has 0 unspecified atom stereocenters. The van der Waals surface area contributed by atoms with Crippen molar-refractivity contribution in [2.24, 2.45) is 0 Å². The third-order valence-corrected chi connectivity index (χ3v) is 3.20. The molecule has 1 rings (SSSR count). The molecule has 1 aromatic rings. The molecule has 0 nitrogen and oxygen atoms in total. The molecule has 1 heteroatoms. The van der Waals surface area contributed by atoms with Crippen LogP contribution in [0.3, 0.4) is 0 Å². The van der Waals surface area contributed by atoms with E-state index in [0.717, 1.165) is 6.42 Å². The summed E-state index contributed by atoms with van der Waals surface area (Å²) in [5.74, 6) is 0.444. The Labute approximate surface area is 99.9 Å². The van der Waals surface area contributed by atoms with Crippen molar-refractivity contribution in [1.29, 1.82) is 0 Å². The van der Waals surface area contributed by atoms with Crippen LogP contribution in [0.25, 0.3) is 0 Å². The summed E-state index contributed by atoms with van der Waals surface area (Å²) in [7, 11) is 0. The smallest absolute Gasteiger partial charge is 0.0168 e. The van der Waals surface area contributed by atoms with Gasteiger partial charge in [-0.05, 0) is 47.6 Å². The Morgan fingerprint density at radius 1 is 1.43 bits per heavy atom. The van der Waals surface area contributed by atoms with Gasteiger partial charge in [-0.25, -0.2) is 0 Å². The fourth-order valence-electron chi connectivity index (χ4n) is 1.41. The monoisotopic (exact) mass is 298 g/mol. The minimum Gasteiger partial charge on any atom is -0.102 e. The summed E-state index contributed by atoms with van der Waals surface area (Å²) in [6.07, 6.45) is 7.35. The molecule has 0 amide bonds. The lowest BCUT2D eigenvalue weighted by atomic mass is 9.96. The van der Waals surface area contributed by atoms with Crippen LogP contribution < -0.4 is 0 Å². The van der Waals surface area contributed by atoms with Crippen LogP contribution in [-0.2, 0) is 0 Å². The molecule has 0 aliphatic heterocycles. The number of halogens is 1. The van der Waals surface area contributed by atoms with E-state index in [2.05, 4.69) is 72.5 Å². The lowest BCUT2D eigenvalue weighted by Gasteiger charge is -2.12. The van der Waals surface area contributed by atoms with Crippen molar-refractivity contribution < 1.29 is 0 Å². The second kappa shape index (κ2) is 6.02. The van der Waals surface area contributed by atoms with Crippen molar-refractivity contribution in [3.8, 4) is 0 Å². The molecule has 0 N–H and O–H groups in total. The first-order valence-electron chi connectivity index (χ1n) is 4.77. The Morgan fingerprint density at radius 2 is 2.14 bits per heavy atom. The zero-order valence-corrected chi connectivity index (χ0v) is 10.6. The first-order chi connectivity index (χ1) is 6.79. The maximum Gasteiger partial charge on any atom is 0.0168 e. The molecule has 0 radical (unpaired) electrons. The summed E-state index contributed by atoms with van der Waals surface area (Å²) < 4.78 is 1.32. The van der Waals surface area contributed by atoms with Crippen molar-refractivity contribution in [1.82, 2.24) is 0 Å². The van der Waals surface area contributed by atoms with Gasteiger partial charge in [0.2, 0.25) is 0 Å². The quantitative estimate of drug-likeness (QED) is 0.566. The van der Waals surface area contributed by atoms with E-state index in [-0.39, 0.29) is 0 Å². The normalized spacial score (nSPS) is 13.0. The molecule has 0 bridgehead atoms. The fourth-order valence-corrected chi connectivity index (χ4v) is 2.20. The second-order valence-corrected chi connectivity index (χ2v) is 4.33. The molecule has 0 saturated carbocycles. The molecule has 0 spiro atoms. The third-order valence-electron chi connectivity index (χ3n) is 2.21. The standard InChI is InChI=1S/C13H15I/c1-3-5-8-11(4-2)12-9-6-7-10-13(12)14/h3-7,9-11H,2,8H2,1H3/b5-3-/t11-/m0/s1. The van der Waals surface area contributed by atoms with Crippen LogP contribution >= 0.6 is 22.6 Å². The number of allylic oxidation sites excluding steroid dienone is 3. The number of benzene rings is 1. The van der Waals surface area contributed by atoms with E-state index in [1.165, 1.54) is 9.13 Å². The topological polar surface area (TPSA) is 0 Å². The predicted octanol–water partition coefficient (Wildman–Crippen LogP) is 4.53. The van der Waals surface area contributed by atoms with Gasteiger partial charge >= 0.3 is 0 Å². The fraction of sp³-hybridized carbons (Fsp3) is 0.231. The SMILES string of the molecule is C=C[C@@H](C/C=C\C)c1ccccc1I. The second-order valence-electron chi connectivity index (χ2n) is 3.17. The highest BCUT2D eigenvalue weighted by molar-refractivity contribution is 14.1. The van der Waals surface area contributed by atoms with Gasteiger partial charge in [-0.3, -0.25) is 0 Å². The molecule has 0 fully saturated rings. The Bertz CT molecular complexity index is 326. The van der Waals surface area contributed by atoms with Crippen LogP contribution in [0.15, 0.2) is 49.1 Å². The van der Waals surface area contributed by atoms with Gasteiger partial charge in [0.05, 0.1) is 0 Å². The van der Waals surface area contributed by atoms with Crippen LogP contribution in [0.2, 0.25) is 0 Å². The van der Waals surface area contributed by atoms with E-state index < -0.39 is 0 Å². The zero-order chi connectivity index (χ0) is 10.4. The van der Waals surface area contributed by atoms with Gasteiger partial charge in [0.15, 0.2) is 0 Å². The molecule has 14 heavy (non-hydrogen) atoms. The highest BCUT2D eigenvalue weighted by Gasteiger charge is 2.07. The summed E-state index contributed by atoms with van der Waals surface area (Å²) >= 11 is 2.38. The Morgan fingerprint density at radius 3 is 2.71 bits per heavy atom. The van der Waals surface area contributed by atoms with Gasteiger partial charge in [0, 0.05) is 9.49 Å². The van der Waals surface area contributed by atoms with Gasteiger partial charge in [0.1, 0.15) is 0 Å². The summed E-state index contributed by atoms with van der Waals surface area (Å²) in [4.78, 5) is 0. The van der Waals surface area contributed by atoms with Gasteiger partial charge in [0.25, 0.3) is 0 Å². The van der Waals surface area contributed by atoms with Crippen molar-refractivity contribution in [2.75, 3.05) is 0 Å². The first-order valence-corrected chi connectivity index (χ1v) is 5.85. The van der Waals surface area contributed by atoms with Crippen LogP contribution in [0.5, 0.6) is 0 Å². The van der Waals surface area contributed by atoms with E-state index in [1.54, 1.807) is 0 Å². The maximum absolute atomic E-state index is 3.89. The highest BCUT2D eigenvalue weighted by atomic mass is 127. The molecule has 1 aromatic carbocycles. The summed E-state index contributed by atoms with van der Waals surface area (Å²) in [5, 5.41) is 0. The maximum atomic E-state index is 3.89. The largest absolute Gasteiger partial charge is 0.102 e. The Kier molecular flexibility index (Phi) is 4.94. The van der Waals surface area contributed by atoms with E-state index in [9.17, 15) is 0 Å². The molecule has 0 saturated heterocycles. The van der Waals surface area contributed by atoms with Gasteiger partial charge in [-0.2, -0.15) is 0 Å². The first kappa shape index (κ1) is 11.5. The molecule has 0 aliphatic carbocycles. The lowest BCUT2D eigenvalue weighted by molar-refractivity contribution is 0.859. The number of hydrogen-bond donors (Lipinski definition) is 0. The van der Waals surface area contributed by atoms with E-state index in [4.69, 9.17) is 0 Å². The molecular formula is C13H15I. The lowest BCUT2D eigenvalue weighted by Crippen LogP contribution is -1.95. The van der Waals surface area contributed by atoms with Crippen molar-refractivity contribution >= 4 is 22.6 Å². The summed E-state index contributed by atoms with van der Waals surface area (Å²) in [5.41, 5.74) is 1.38. The average molecular weight is 298 g/mol. The summed E-state index contributed by atoms with van der Waals surface area (Å²) in [6.45, 7) is 5.95. The minimum absolute atomic E-state index is 0.444. The number of hydrogen-bond acceptors (Lipinski definition) is 0. The third kappa shape index (κ3) is 2.98. The molecule has 0 heterocycles. The number of rotatable bonds is 4. The molecule has 0 aliphatic rings. The Hall–Kier alpha value is -0.570. The average Bonchev–Trinajstić information content (AvgIpc) is 2.21. The Balaban J connectivity index is 2.89. The van der Waals surface area contributed by atoms with Crippen molar-refractivity contribution in [2.45, 2.75) is 19.3 Å². The van der Waals surface area contributed by atoms with Crippen LogP contribution in [0.1, 0.15) is 24.8 Å². The molecule has 1 atom stereocenters. The van der Waals surface area contributed by atoms with Crippen LogP contribution in [0, 0.1) is 3.57 Å².